The molecule has 2 aromatic carbocycles. The molecule has 3 unspecified atom stereocenters. The molecular weight excluding hydrogens is 442 g/mol. The van der Waals surface area contributed by atoms with Crippen molar-refractivity contribution in [2.45, 2.75) is 44.1 Å². The van der Waals surface area contributed by atoms with Gasteiger partial charge in [0.15, 0.2) is 1.41 Å². The normalized spacial score (nSPS) is 26.2. The first kappa shape index (κ1) is 17.4. The second-order valence-corrected chi connectivity index (χ2v) is 7.77. The molecule has 0 bridgehead atoms. The molecule has 166 valence electrons. The summed E-state index contributed by atoms with van der Waals surface area (Å²) in [6.45, 7) is -0.284. The number of alkyl halides is 2. The fraction of sp³-hybridized carbons (Fsp3) is 0.304. The number of rotatable bonds is 6. The van der Waals surface area contributed by atoms with Crippen LogP contribution in [0.15, 0.2) is 42.5 Å². The van der Waals surface area contributed by atoms with Crippen LogP contribution in [0, 0.1) is 0 Å². The summed E-state index contributed by atoms with van der Waals surface area (Å²) in [5, 5.41) is 0.147. The molecule has 0 aliphatic carbocycles. The number of benzene rings is 2. The maximum absolute atomic E-state index is 14.6. The lowest BCUT2D eigenvalue weighted by molar-refractivity contribution is -0.144. The maximum Gasteiger partial charge on any atom is 0.330 e. The largest absolute Gasteiger partial charge is 0.330 e. The quantitative estimate of drug-likeness (QED) is 0.664. The number of hydrogen-bond donors (Lipinski definition) is 1. The van der Waals surface area contributed by atoms with Crippen molar-refractivity contribution in [3.8, 4) is 0 Å². The van der Waals surface area contributed by atoms with Crippen molar-refractivity contribution in [2.75, 3.05) is 0 Å². The molecule has 3 amide bonds. The van der Waals surface area contributed by atoms with Crippen molar-refractivity contribution in [3.05, 3.63) is 69.7 Å². The van der Waals surface area contributed by atoms with Gasteiger partial charge in [0.2, 0.25) is 17.6 Å². The van der Waals surface area contributed by atoms with Crippen LogP contribution in [0.3, 0.4) is 0 Å². The molecule has 2 aliphatic heterocycles. The zero-order chi connectivity index (χ0) is 26.6. The van der Waals surface area contributed by atoms with E-state index in [1.54, 1.807) is 0 Å². The molecule has 1 fully saturated rings. The van der Waals surface area contributed by atoms with Gasteiger partial charge in [-0.2, -0.15) is 8.78 Å². The first-order chi connectivity index (χ1) is 16.8. The number of fused-ring (bicyclic) bond motifs is 1. The minimum atomic E-state index is -3.83. The first-order valence-corrected chi connectivity index (χ1v) is 9.99. The number of imide groups is 1. The Labute approximate surface area is 193 Å². The average molecular weight is 465 g/mol. The van der Waals surface area contributed by atoms with Gasteiger partial charge < -0.3 is 4.90 Å². The van der Waals surface area contributed by atoms with Gasteiger partial charge in [0.05, 0.1) is 1.37 Å². The van der Waals surface area contributed by atoms with Crippen molar-refractivity contribution in [1.82, 2.24) is 10.2 Å². The number of carbonyl (C=O) groups excluding carboxylic acids is 4. The zero-order valence-corrected chi connectivity index (χ0v) is 17.2. The lowest BCUT2D eigenvalue weighted by Gasteiger charge is -2.29. The minimum absolute atomic E-state index is 0.0812. The Kier molecular flexibility index (Phi) is 4.59. The molecule has 0 aromatic heterocycles. The Morgan fingerprint density at radius 2 is 2.00 bits per heavy atom. The average Bonchev–Trinajstić information content (AvgIpc) is 3.18. The summed E-state index contributed by atoms with van der Waals surface area (Å²) in [5.74, 6) is -8.39. The van der Waals surface area contributed by atoms with E-state index in [0.29, 0.717) is 5.56 Å². The lowest BCUT2D eigenvalue weighted by atomic mass is 9.97. The summed E-state index contributed by atoms with van der Waals surface area (Å²) in [4.78, 5) is 50.4. The number of aryl methyl sites for hydroxylation is 1. The molecule has 0 spiro atoms. The molecule has 0 saturated carbocycles. The number of carbonyl (C=O) groups is 4. The standard InChI is InChI=1S/C23H19ClF2N2O4/c24-16-5-3-15(4-6-16)23(25,26)19(29)9-2-13-1-7-17-14(11-13)12-28(22(17)32)18-8-10-20(30)27-21(18)31/h1,3-7,11,18H,2,8-10,12H2,(H,27,30,31)/i2D,10D,18D/hD. The molecule has 1 N–H and O–H groups in total. The van der Waals surface area contributed by atoms with Crippen LogP contribution in [0.4, 0.5) is 8.78 Å². The fourth-order valence-electron chi connectivity index (χ4n) is 3.55. The molecule has 6 nitrogen and oxygen atoms in total. The van der Waals surface area contributed by atoms with Crippen LogP contribution in [-0.4, -0.2) is 34.4 Å². The molecule has 4 rings (SSSR count). The second-order valence-electron chi connectivity index (χ2n) is 7.33. The van der Waals surface area contributed by atoms with E-state index in [4.69, 9.17) is 17.1 Å². The number of ketones is 1. The van der Waals surface area contributed by atoms with E-state index in [0.717, 1.165) is 17.0 Å². The molecule has 0 radical (unpaired) electrons. The van der Waals surface area contributed by atoms with Gasteiger partial charge in [-0.05, 0) is 42.1 Å². The van der Waals surface area contributed by atoms with Crippen molar-refractivity contribution in [1.29, 1.82) is 0 Å². The van der Waals surface area contributed by atoms with Crippen molar-refractivity contribution >= 4 is 35.1 Å². The first-order valence-electron chi connectivity index (χ1n) is 11.7. The highest BCUT2D eigenvalue weighted by molar-refractivity contribution is 6.30. The highest BCUT2D eigenvalue weighted by atomic mass is 35.5. The zero-order valence-electron chi connectivity index (χ0n) is 20.5. The van der Waals surface area contributed by atoms with Gasteiger partial charge in [0.1, 0.15) is 6.02 Å². The topological polar surface area (TPSA) is 83.6 Å². The summed E-state index contributed by atoms with van der Waals surface area (Å²) >= 11 is 5.71. The van der Waals surface area contributed by atoms with Crippen LogP contribution in [0.5, 0.6) is 0 Å². The number of nitrogens with one attached hydrogen (secondary N) is 1. The smallest absolute Gasteiger partial charge is 0.322 e. The van der Waals surface area contributed by atoms with Gasteiger partial charge in [-0.25, -0.2) is 0 Å². The van der Waals surface area contributed by atoms with Crippen LogP contribution >= 0.6 is 11.6 Å². The highest BCUT2D eigenvalue weighted by Crippen LogP contribution is 2.32. The van der Waals surface area contributed by atoms with E-state index in [1.165, 1.54) is 30.3 Å². The molecule has 3 atom stereocenters. The van der Waals surface area contributed by atoms with Crippen LogP contribution in [0.2, 0.25) is 6.43 Å². The number of piperidine rings is 1. The molecular formula is C23H19ClF2N2O4. The number of halogens is 3. The van der Waals surface area contributed by atoms with Crippen LogP contribution in [-0.2, 0) is 33.2 Å². The fourth-order valence-corrected chi connectivity index (χ4v) is 3.68. The molecule has 1 saturated heterocycles. The predicted octanol–water partition coefficient (Wildman–Crippen LogP) is 3.39. The predicted molar refractivity (Wildman–Crippen MR) is 111 cm³/mol. The van der Waals surface area contributed by atoms with Gasteiger partial charge in [-0.15, -0.1) is 0 Å². The number of nitrogens with zero attached hydrogens (tertiary/aromatic N) is 1. The minimum Gasteiger partial charge on any atom is -0.322 e. The molecule has 9 heteroatoms. The van der Waals surface area contributed by atoms with E-state index in [2.05, 4.69) is 0 Å². The molecule has 32 heavy (non-hydrogen) atoms. The Balaban J connectivity index is 1.53. The van der Waals surface area contributed by atoms with Crippen molar-refractivity contribution in [2.24, 2.45) is 0 Å². The Morgan fingerprint density at radius 1 is 1.28 bits per heavy atom. The third kappa shape index (κ3) is 4.14. The Morgan fingerprint density at radius 3 is 2.72 bits per heavy atom. The van der Waals surface area contributed by atoms with Gasteiger partial charge in [0.25, 0.3) is 5.91 Å². The van der Waals surface area contributed by atoms with Gasteiger partial charge in [-0.3, -0.25) is 24.5 Å². The lowest BCUT2D eigenvalue weighted by Crippen LogP contribution is -2.52. The summed E-state index contributed by atoms with van der Waals surface area (Å²) in [6.07, 6.45) is -4.38. The van der Waals surface area contributed by atoms with E-state index < -0.39 is 66.6 Å². The molecule has 2 aromatic rings. The SMILES string of the molecule is [2H]C1CC([2H])(N2Cc3cc(C([2H])CC(=O)C(F)(F)c4ccc(Cl)cc4)ccc3C2=O)C(=O)N([2H])C1=O. The Bertz CT molecular complexity index is 1280. The monoisotopic (exact) mass is 464 g/mol. The van der Waals surface area contributed by atoms with E-state index >= 15 is 0 Å². The molecule has 2 heterocycles. The number of Topliss-reactive ketones (excluding diaryl/α,β-unsaturated/α-hetero) is 1. The highest BCUT2D eigenvalue weighted by Gasteiger charge is 2.41. The second kappa shape index (κ2) is 8.43. The van der Waals surface area contributed by atoms with Crippen LogP contribution < -0.4 is 5.31 Å². The van der Waals surface area contributed by atoms with Crippen LogP contribution in [0.25, 0.3) is 0 Å². The number of hydrogen-bond acceptors (Lipinski definition) is 4. The van der Waals surface area contributed by atoms with E-state index in [9.17, 15) is 28.0 Å². The summed E-state index contributed by atoms with van der Waals surface area (Å²) in [6, 6.07) is 6.19. The summed E-state index contributed by atoms with van der Waals surface area (Å²) in [7, 11) is 0. The number of amides is 3. The van der Waals surface area contributed by atoms with Gasteiger partial charge in [0, 0.05) is 38.3 Å². The summed E-state index contributed by atoms with van der Waals surface area (Å²) in [5.41, 5.74) is 0.0133. The van der Waals surface area contributed by atoms with Gasteiger partial charge >= 0.3 is 5.92 Å². The molecule has 2 aliphatic rings. The van der Waals surface area contributed by atoms with Crippen molar-refractivity contribution in [3.63, 3.8) is 0 Å². The van der Waals surface area contributed by atoms with Crippen LogP contribution in [0.1, 0.15) is 50.4 Å². The van der Waals surface area contributed by atoms with Gasteiger partial charge in [-0.1, -0.05) is 35.9 Å². The maximum atomic E-state index is 14.6. The third-order valence-electron chi connectivity index (χ3n) is 5.27. The third-order valence-corrected chi connectivity index (χ3v) is 5.52. The Hall–Kier alpha value is -3.13. The summed E-state index contributed by atoms with van der Waals surface area (Å²) < 4.78 is 61.4. The van der Waals surface area contributed by atoms with Crippen molar-refractivity contribution < 1.29 is 33.5 Å². The van der Waals surface area contributed by atoms with E-state index in [1.807, 2.05) is 0 Å². The van der Waals surface area contributed by atoms with E-state index in [-0.39, 0.29) is 28.0 Å².